The zero-order valence-electron chi connectivity index (χ0n) is 15.1. The highest BCUT2D eigenvalue weighted by atomic mass is 16.6. The van der Waals surface area contributed by atoms with E-state index >= 15 is 0 Å². The van der Waals surface area contributed by atoms with Crippen molar-refractivity contribution in [3.8, 4) is 0 Å². The lowest BCUT2D eigenvalue weighted by molar-refractivity contribution is -0.249. The summed E-state index contributed by atoms with van der Waals surface area (Å²) in [5.41, 5.74) is 1.18. The Kier molecular flexibility index (Phi) is 6.34. The monoisotopic (exact) mass is 404 g/mol. The van der Waals surface area contributed by atoms with Crippen LogP contribution in [0.3, 0.4) is 0 Å². The Balaban J connectivity index is 1.60. The van der Waals surface area contributed by atoms with E-state index in [0.29, 0.717) is 5.69 Å². The minimum absolute atomic E-state index is 0.0221. The molecule has 0 spiro atoms. The number of ether oxygens (including phenoxy) is 1. The molecule has 2 heterocycles. The summed E-state index contributed by atoms with van der Waals surface area (Å²) in [7, 11) is 0. The van der Waals surface area contributed by atoms with Crippen molar-refractivity contribution in [1.82, 2.24) is 20.3 Å². The zero-order chi connectivity index (χ0) is 21.0. The first-order valence-corrected chi connectivity index (χ1v) is 8.71. The van der Waals surface area contributed by atoms with Crippen LogP contribution in [0.4, 0.5) is 0 Å². The third-order valence-corrected chi connectivity index (χ3v) is 4.32. The number of nitrogens with zero attached hydrogens (tertiary/aromatic N) is 3. The van der Waals surface area contributed by atoms with E-state index in [-0.39, 0.29) is 12.5 Å². The second kappa shape index (κ2) is 8.92. The molecule has 0 unspecified atom stereocenters. The normalized spacial score (nSPS) is 27.1. The van der Waals surface area contributed by atoms with Crippen molar-refractivity contribution in [1.29, 1.82) is 0 Å². The van der Waals surface area contributed by atoms with E-state index in [1.54, 1.807) is 6.08 Å². The predicted octanol–water partition coefficient (Wildman–Crippen LogP) is -1.33. The summed E-state index contributed by atoms with van der Waals surface area (Å²) in [6.45, 7) is 0.0221. The molecule has 1 aromatic heterocycles. The summed E-state index contributed by atoms with van der Waals surface area (Å²) >= 11 is 0. The summed E-state index contributed by atoms with van der Waals surface area (Å²) in [6, 6.07) is 9.26. The third-order valence-electron chi connectivity index (χ3n) is 4.32. The first-order valence-electron chi connectivity index (χ1n) is 8.71. The number of rotatable bonds is 6. The van der Waals surface area contributed by atoms with Gasteiger partial charge in [-0.3, -0.25) is 4.79 Å². The Labute approximate surface area is 164 Å². The van der Waals surface area contributed by atoms with E-state index in [2.05, 4.69) is 15.6 Å². The summed E-state index contributed by atoms with van der Waals surface area (Å²) in [5.74, 6) is -1.85. The van der Waals surface area contributed by atoms with Gasteiger partial charge in [-0.15, -0.1) is 5.10 Å². The van der Waals surface area contributed by atoms with E-state index in [1.165, 1.54) is 12.3 Å². The largest absolute Gasteiger partial charge is 0.479 e. The molecule has 0 radical (unpaired) electrons. The SMILES string of the molecule is O=C(/C=C/c1ccccc1)NCc1cn([C@@H]2O[C@@H](C(=O)O)[C@@H](O)[C@H](O)[C@H]2O)nn1. The highest BCUT2D eigenvalue weighted by Crippen LogP contribution is 2.28. The summed E-state index contributed by atoms with van der Waals surface area (Å²) < 4.78 is 6.18. The summed E-state index contributed by atoms with van der Waals surface area (Å²) in [6.07, 6.45) is -3.93. The fourth-order valence-corrected chi connectivity index (χ4v) is 2.78. The Morgan fingerprint density at radius 1 is 1.14 bits per heavy atom. The van der Waals surface area contributed by atoms with Crippen LogP contribution in [0, 0.1) is 0 Å². The predicted molar refractivity (Wildman–Crippen MR) is 96.9 cm³/mol. The number of hydrogen-bond acceptors (Lipinski definition) is 8. The van der Waals surface area contributed by atoms with Gasteiger partial charge in [0.15, 0.2) is 12.3 Å². The number of amides is 1. The molecular formula is C18H20N4O7. The van der Waals surface area contributed by atoms with E-state index in [4.69, 9.17) is 9.84 Å². The molecule has 1 aromatic carbocycles. The summed E-state index contributed by atoms with van der Waals surface area (Å²) in [4.78, 5) is 23.1. The van der Waals surface area contributed by atoms with Crippen LogP contribution in [-0.4, -0.2) is 71.7 Å². The lowest BCUT2D eigenvalue weighted by Crippen LogP contribution is -2.57. The van der Waals surface area contributed by atoms with Crippen LogP contribution in [0.25, 0.3) is 6.08 Å². The van der Waals surface area contributed by atoms with Crippen LogP contribution in [0.2, 0.25) is 0 Å². The zero-order valence-corrected chi connectivity index (χ0v) is 15.1. The van der Waals surface area contributed by atoms with Crippen LogP contribution >= 0.6 is 0 Å². The van der Waals surface area contributed by atoms with Gasteiger partial charge in [0.25, 0.3) is 0 Å². The maximum atomic E-state index is 11.9. The van der Waals surface area contributed by atoms with Crippen LogP contribution in [0.5, 0.6) is 0 Å². The summed E-state index contributed by atoms with van der Waals surface area (Å²) in [5, 5.41) is 48.9. The van der Waals surface area contributed by atoms with Gasteiger partial charge in [0.2, 0.25) is 5.91 Å². The number of aliphatic hydroxyl groups is 3. The van der Waals surface area contributed by atoms with Gasteiger partial charge < -0.3 is 30.5 Å². The minimum atomic E-state index is -1.79. The van der Waals surface area contributed by atoms with Crippen molar-refractivity contribution >= 4 is 18.0 Å². The first kappa shape index (κ1) is 20.6. The standard InChI is InChI=1S/C18H20N4O7/c23-12(7-6-10-4-2-1-3-5-10)19-8-11-9-22(21-20-11)17-15(26)13(24)14(25)16(29-17)18(27)28/h1-7,9,13-17,24-26H,8H2,(H,19,23)(H,27,28)/b7-6+/t13-,14-,15+,16+,17+/m0/s1. The highest BCUT2D eigenvalue weighted by Gasteiger charge is 2.48. The van der Waals surface area contributed by atoms with E-state index in [0.717, 1.165) is 10.2 Å². The molecule has 1 aliphatic rings. The van der Waals surface area contributed by atoms with Crippen molar-refractivity contribution in [2.45, 2.75) is 37.2 Å². The van der Waals surface area contributed by atoms with Gasteiger partial charge in [-0.2, -0.15) is 0 Å². The molecule has 5 N–H and O–H groups in total. The van der Waals surface area contributed by atoms with Gasteiger partial charge in [0, 0.05) is 6.08 Å². The molecule has 3 rings (SSSR count). The second-order valence-electron chi connectivity index (χ2n) is 6.41. The molecule has 11 heteroatoms. The van der Waals surface area contributed by atoms with Crippen molar-refractivity contribution in [3.63, 3.8) is 0 Å². The molecule has 154 valence electrons. The highest BCUT2D eigenvalue weighted by molar-refractivity contribution is 5.91. The van der Waals surface area contributed by atoms with Crippen molar-refractivity contribution in [3.05, 3.63) is 53.9 Å². The van der Waals surface area contributed by atoms with Gasteiger partial charge in [-0.1, -0.05) is 35.5 Å². The fraction of sp³-hybridized carbons (Fsp3) is 0.333. The van der Waals surface area contributed by atoms with Gasteiger partial charge in [-0.25, -0.2) is 9.48 Å². The van der Waals surface area contributed by atoms with Crippen LogP contribution < -0.4 is 5.32 Å². The number of carbonyl (C=O) groups is 2. The molecule has 1 saturated heterocycles. The second-order valence-corrected chi connectivity index (χ2v) is 6.41. The lowest BCUT2D eigenvalue weighted by Gasteiger charge is -2.38. The van der Waals surface area contributed by atoms with Crippen molar-refractivity contribution in [2.75, 3.05) is 0 Å². The molecule has 0 bridgehead atoms. The number of aliphatic carboxylic acids is 1. The quantitative estimate of drug-likeness (QED) is 0.367. The third kappa shape index (κ3) is 4.84. The number of aliphatic hydroxyl groups excluding tert-OH is 3. The first-order chi connectivity index (χ1) is 13.9. The molecule has 29 heavy (non-hydrogen) atoms. The Bertz CT molecular complexity index is 885. The number of carboxylic acid groups (broad SMARTS) is 1. The van der Waals surface area contributed by atoms with Crippen LogP contribution in [0.15, 0.2) is 42.6 Å². The maximum absolute atomic E-state index is 11.9. The number of benzene rings is 1. The number of nitrogens with one attached hydrogen (secondary N) is 1. The maximum Gasteiger partial charge on any atom is 0.335 e. The molecule has 5 atom stereocenters. The van der Waals surface area contributed by atoms with Crippen LogP contribution in [-0.2, 0) is 20.9 Å². The van der Waals surface area contributed by atoms with E-state index < -0.39 is 36.6 Å². The Morgan fingerprint density at radius 2 is 1.86 bits per heavy atom. The van der Waals surface area contributed by atoms with E-state index in [1.807, 2.05) is 30.3 Å². The molecule has 2 aromatic rings. The molecule has 1 amide bonds. The van der Waals surface area contributed by atoms with Gasteiger partial charge >= 0.3 is 5.97 Å². The average molecular weight is 404 g/mol. The fourth-order valence-electron chi connectivity index (χ4n) is 2.78. The van der Waals surface area contributed by atoms with E-state index in [9.17, 15) is 24.9 Å². The van der Waals surface area contributed by atoms with Crippen molar-refractivity contribution < 1.29 is 34.8 Å². The Hall–Kier alpha value is -3.12. The number of hydrogen-bond donors (Lipinski definition) is 5. The topological polar surface area (TPSA) is 167 Å². The molecular weight excluding hydrogens is 384 g/mol. The smallest absolute Gasteiger partial charge is 0.335 e. The van der Waals surface area contributed by atoms with Gasteiger partial charge in [0.1, 0.15) is 24.0 Å². The molecule has 0 saturated carbocycles. The van der Waals surface area contributed by atoms with Gasteiger partial charge in [0.05, 0.1) is 12.7 Å². The van der Waals surface area contributed by atoms with Gasteiger partial charge in [-0.05, 0) is 11.6 Å². The number of aromatic nitrogens is 3. The molecule has 1 aliphatic heterocycles. The molecule has 0 aliphatic carbocycles. The molecule has 1 fully saturated rings. The lowest BCUT2D eigenvalue weighted by atomic mass is 9.98. The molecule has 11 nitrogen and oxygen atoms in total. The van der Waals surface area contributed by atoms with Crippen molar-refractivity contribution in [2.24, 2.45) is 0 Å². The minimum Gasteiger partial charge on any atom is -0.479 e. The Morgan fingerprint density at radius 3 is 2.55 bits per heavy atom. The number of carboxylic acids is 1. The number of carbonyl (C=O) groups excluding carboxylic acids is 1. The average Bonchev–Trinajstić information content (AvgIpc) is 3.18. The van der Waals surface area contributed by atoms with Crippen LogP contribution in [0.1, 0.15) is 17.5 Å².